The summed E-state index contributed by atoms with van der Waals surface area (Å²) in [6, 6.07) is 9.78. The third-order valence-corrected chi connectivity index (χ3v) is 3.45. The molecule has 1 aromatic heterocycles. The molecule has 0 bridgehead atoms. The normalized spacial score (nSPS) is 11.6. The summed E-state index contributed by atoms with van der Waals surface area (Å²) in [7, 11) is 0. The van der Waals surface area contributed by atoms with Crippen molar-refractivity contribution in [1.82, 2.24) is 4.98 Å². The molecule has 3 heteroatoms. The summed E-state index contributed by atoms with van der Waals surface area (Å²) in [5, 5.41) is 0.729. The van der Waals surface area contributed by atoms with E-state index in [2.05, 4.69) is 31.8 Å². The van der Waals surface area contributed by atoms with E-state index < -0.39 is 0 Å². The van der Waals surface area contributed by atoms with Crippen LogP contribution in [0.15, 0.2) is 30.3 Å². The van der Waals surface area contributed by atoms with Crippen LogP contribution in [0, 0.1) is 6.92 Å². The van der Waals surface area contributed by atoms with Gasteiger partial charge >= 0.3 is 0 Å². The highest BCUT2D eigenvalue weighted by Crippen LogP contribution is 2.32. The van der Waals surface area contributed by atoms with Crippen molar-refractivity contribution in [3.8, 4) is 11.3 Å². The van der Waals surface area contributed by atoms with E-state index in [1.165, 1.54) is 0 Å². The zero-order valence-corrected chi connectivity index (χ0v) is 12.5. The summed E-state index contributed by atoms with van der Waals surface area (Å²) in [4.78, 5) is 4.58. The standard InChI is InChI=1S/C16H19ClN2/c1-10-15(18)13(16(2,3)4)9-14(19-10)11-5-7-12(17)8-6-11/h5-9H,18H2,1-4H3. The maximum absolute atomic E-state index is 6.16. The number of aromatic nitrogens is 1. The van der Waals surface area contributed by atoms with Gasteiger partial charge in [0, 0.05) is 10.6 Å². The van der Waals surface area contributed by atoms with E-state index in [1.807, 2.05) is 31.2 Å². The predicted molar refractivity (Wildman–Crippen MR) is 82.5 cm³/mol. The van der Waals surface area contributed by atoms with E-state index in [0.29, 0.717) is 0 Å². The van der Waals surface area contributed by atoms with Crippen molar-refractivity contribution in [1.29, 1.82) is 0 Å². The summed E-state index contributed by atoms with van der Waals surface area (Å²) in [6.45, 7) is 8.42. The smallest absolute Gasteiger partial charge is 0.0709 e. The Balaban J connectivity index is 2.60. The Bertz CT molecular complexity index is 595. The van der Waals surface area contributed by atoms with Gasteiger partial charge < -0.3 is 5.73 Å². The first-order valence-electron chi connectivity index (χ1n) is 6.32. The first-order valence-corrected chi connectivity index (χ1v) is 6.70. The minimum Gasteiger partial charge on any atom is -0.397 e. The summed E-state index contributed by atoms with van der Waals surface area (Å²) in [5.41, 5.74) is 10.9. The second-order valence-corrected chi connectivity index (χ2v) is 6.25. The molecule has 2 rings (SSSR count). The second-order valence-electron chi connectivity index (χ2n) is 5.81. The topological polar surface area (TPSA) is 38.9 Å². The Kier molecular flexibility index (Phi) is 3.55. The number of hydrogen-bond donors (Lipinski definition) is 1. The largest absolute Gasteiger partial charge is 0.397 e. The summed E-state index contributed by atoms with van der Waals surface area (Å²) >= 11 is 5.92. The zero-order valence-electron chi connectivity index (χ0n) is 11.8. The van der Waals surface area contributed by atoms with Crippen molar-refractivity contribution in [2.24, 2.45) is 0 Å². The van der Waals surface area contributed by atoms with Crippen LogP contribution in [0.3, 0.4) is 0 Å². The lowest BCUT2D eigenvalue weighted by Gasteiger charge is -2.23. The van der Waals surface area contributed by atoms with Gasteiger partial charge in [-0.05, 0) is 36.1 Å². The molecule has 0 saturated carbocycles. The van der Waals surface area contributed by atoms with Crippen LogP contribution in [0.25, 0.3) is 11.3 Å². The van der Waals surface area contributed by atoms with Crippen molar-refractivity contribution in [2.45, 2.75) is 33.1 Å². The van der Waals surface area contributed by atoms with E-state index in [4.69, 9.17) is 17.3 Å². The Hall–Kier alpha value is -1.54. The van der Waals surface area contributed by atoms with Crippen LogP contribution < -0.4 is 5.73 Å². The third-order valence-electron chi connectivity index (χ3n) is 3.20. The first-order chi connectivity index (χ1) is 8.79. The van der Waals surface area contributed by atoms with E-state index in [9.17, 15) is 0 Å². The molecule has 2 nitrogen and oxygen atoms in total. The molecule has 1 aromatic carbocycles. The molecule has 0 aliphatic rings. The van der Waals surface area contributed by atoms with E-state index in [0.717, 1.165) is 33.2 Å². The Morgan fingerprint density at radius 1 is 1.11 bits per heavy atom. The van der Waals surface area contributed by atoms with Crippen LogP contribution in [0.1, 0.15) is 32.0 Å². The van der Waals surface area contributed by atoms with Gasteiger partial charge in [-0.2, -0.15) is 0 Å². The number of anilines is 1. The molecule has 0 radical (unpaired) electrons. The number of benzene rings is 1. The molecule has 0 aliphatic heterocycles. The molecule has 0 amide bonds. The number of nitrogens with zero attached hydrogens (tertiary/aromatic N) is 1. The number of aryl methyl sites for hydroxylation is 1. The van der Waals surface area contributed by atoms with Crippen molar-refractivity contribution in [2.75, 3.05) is 5.73 Å². The van der Waals surface area contributed by atoms with Gasteiger partial charge in [0.05, 0.1) is 17.1 Å². The molecule has 0 fully saturated rings. The molecule has 19 heavy (non-hydrogen) atoms. The van der Waals surface area contributed by atoms with Gasteiger partial charge in [-0.25, -0.2) is 0 Å². The highest BCUT2D eigenvalue weighted by molar-refractivity contribution is 6.30. The fourth-order valence-corrected chi connectivity index (χ4v) is 2.20. The SMILES string of the molecule is Cc1nc(-c2ccc(Cl)cc2)cc(C(C)(C)C)c1N. The highest BCUT2D eigenvalue weighted by Gasteiger charge is 2.20. The van der Waals surface area contributed by atoms with Crippen molar-refractivity contribution >= 4 is 17.3 Å². The number of nitrogen functional groups attached to an aromatic ring is 1. The molecule has 1 heterocycles. The number of hydrogen-bond acceptors (Lipinski definition) is 2. The number of halogens is 1. The maximum atomic E-state index is 6.16. The Morgan fingerprint density at radius 3 is 2.21 bits per heavy atom. The van der Waals surface area contributed by atoms with Crippen LogP contribution in [0.5, 0.6) is 0 Å². The van der Waals surface area contributed by atoms with Crippen molar-refractivity contribution in [3.05, 3.63) is 46.6 Å². The molecule has 2 N–H and O–H groups in total. The molecule has 100 valence electrons. The average Bonchev–Trinajstić information content (AvgIpc) is 2.32. The van der Waals surface area contributed by atoms with Crippen LogP contribution in [-0.2, 0) is 5.41 Å². The molecule has 0 saturated heterocycles. The second kappa shape index (κ2) is 4.86. The minimum absolute atomic E-state index is 0.00103. The van der Waals surface area contributed by atoms with Crippen LogP contribution in [-0.4, -0.2) is 4.98 Å². The van der Waals surface area contributed by atoms with Gasteiger partial charge in [0.15, 0.2) is 0 Å². The van der Waals surface area contributed by atoms with Crippen LogP contribution in [0.4, 0.5) is 5.69 Å². The summed E-state index contributed by atoms with van der Waals surface area (Å²) in [6.07, 6.45) is 0. The van der Waals surface area contributed by atoms with Crippen LogP contribution >= 0.6 is 11.6 Å². The van der Waals surface area contributed by atoms with Gasteiger partial charge in [0.2, 0.25) is 0 Å². The zero-order chi connectivity index (χ0) is 14.2. The fraction of sp³-hybridized carbons (Fsp3) is 0.312. The van der Waals surface area contributed by atoms with Gasteiger partial charge in [0.25, 0.3) is 0 Å². The molecular weight excluding hydrogens is 256 g/mol. The number of nitrogens with two attached hydrogens (primary N) is 1. The Labute approximate surface area is 119 Å². The van der Waals surface area contributed by atoms with Gasteiger partial charge in [-0.3, -0.25) is 4.98 Å². The molecule has 2 aromatic rings. The fourth-order valence-electron chi connectivity index (χ4n) is 2.07. The number of rotatable bonds is 1. The van der Waals surface area contributed by atoms with Crippen molar-refractivity contribution < 1.29 is 0 Å². The first kappa shape index (κ1) is 13.9. The van der Waals surface area contributed by atoms with E-state index in [-0.39, 0.29) is 5.41 Å². The van der Waals surface area contributed by atoms with Crippen LogP contribution in [0.2, 0.25) is 5.02 Å². The lowest BCUT2D eigenvalue weighted by molar-refractivity contribution is 0.591. The molecule has 0 aliphatic carbocycles. The van der Waals surface area contributed by atoms with Gasteiger partial charge in [-0.15, -0.1) is 0 Å². The minimum atomic E-state index is -0.00103. The summed E-state index contributed by atoms with van der Waals surface area (Å²) in [5.74, 6) is 0. The molecule has 0 spiro atoms. The number of pyridine rings is 1. The van der Waals surface area contributed by atoms with E-state index in [1.54, 1.807) is 0 Å². The van der Waals surface area contributed by atoms with Gasteiger partial charge in [-0.1, -0.05) is 44.5 Å². The van der Waals surface area contributed by atoms with Gasteiger partial charge in [0.1, 0.15) is 0 Å². The lowest BCUT2D eigenvalue weighted by Crippen LogP contribution is -2.15. The average molecular weight is 275 g/mol. The van der Waals surface area contributed by atoms with E-state index >= 15 is 0 Å². The lowest BCUT2D eigenvalue weighted by atomic mass is 9.85. The predicted octanol–water partition coefficient (Wildman–Crippen LogP) is 4.59. The highest BCUT2D eigenvalue weighted by atomic mass is 35.5. The third kappa shape index (κ3) is 2.90. The molecule has 0 unspecified atom stereocenters. The molecule has 0 atom stereocenters. The summed E-state index contributed by atoms with van der Waals surface area (Å²) < 4.78 is 0. The monoisotopic (exact) mass is 274 g/mol. The Morgan fingerprint density at radius 2 is 1.68 bits per heavy atom. The maximum Gasteiger partial charge on any atom is 0.0709 e. The molecular formula is C16H19ClN2. The van der Waals surface area contributed by atoms with Crippen molar-refractivity contribution in [3.63, 3.8) is 0 Å². The quantitative estimate of drug-likeness (QED) is 0.826.